The standard InChI is InChI=1S/C12H17ClN2O2S/c1-18-8-4-2-3-7-14-11-6-5-10(13)9-12(11)15(16)17/h5-6,9,14H,2-4,7-8H2,1H3. The number of rotatable bonds is 8. The monoisotopic (exact) mass is 288 g/mol. The van der Waals surface area contributed by atoms with Crippen LogP contribution >= 0.6 is 23.4 Å². The fourth-order valence-electron chi connectivity index (χ4n) is 1.58. The Morgan fingerprint density at radius 2 is 2.17 bits per heavy atom. The van der Waals surface area contributed by atoms with Crippen molar-refractivity contribution in [3.63, 3.8) is 0 Å². The van der Waals surface area contributed by atoms with E-state index in [0.717, 1.165) is 19.4 Å². The maximum Gasteiger partial charge on any atom is 0.293 e. The van der Waals surface area contributed by atoms with Crippen LogP contribution in [0.25, 0.3) is 0 Å². The zero-order chi connectivity index (χ0) is 13.4. The third kappa shape index (κ3) is 5.14. The molecule has 0 heterocycles. The van der Waals surface area contributed by atoms with Crippen molar-refractivity contribution in [1.82, 2.24) is 0 Å². The Hall–Kier alpha value is -0.940. The number of nitro benzene ring substituents is 1. The fraction of sp³-hybridized carbons (Fsp3) is 0.500. The summed E-state index contributed by atoms with van der Waals surface area (Å²) in [5.41, 5.74) is 0.570. The second-order valence-electron chi connectivity index (χ2n) is 3.90. The van der Waals surface area contributed by atoms with E-state index >= 15 is 0 Å². The molecule has 0 aromatic heterocycles. The van der Waals surface area contributed by atoms with Crippen LogP contribution in [0.1, 0.15) is 19.3 Å². The first kappa shape index (κ1) is 15.1. The van der Waals surface area contributed by atoms with Crippen LogP contribution in [0.3, 0.4) is 0 Å². The minimum absolute atomic E-state index is 0.0339. The van der Waals surface area contributed by atoms with Crippen molar-refractivity contribution in [1.29, 1.82) is 0 Å². The van der Waals surface area contributed by atoms with Crippen molar-refractivity contribution in [2.24, 2.45) is 0 Å². The molecule has 0 atom stereocenters. The lowest BCUT2D eigenvalue weighted by molar-refractivity contribution is -0.383. The molecule has 0 amide bonds. The Labute approximate surface area is 116 Å². The molecule has 0 radical (unpaired) electrons. The summed E-state index contributed by atoms with van der Waals surface area (Å²) in [5.74, 6) is 1.17. The molecule has 0 unspecified atom stereocenters. The number of benzene rings is 1. The van der Waals surface area contributed by atoms with Crippen molar-refractivity contribution >= 4 is 34.7 Å². The number of halogens is 1. The Morgan fingerprint density at radius 3 is 2.83 bits per heavy atom. The summed E-state index contributed by atoms with van der Waals surface area (Å²) >= 11 is 7.58. The van der Waals surface area contributed by atoms with Gasteiger partial charge in [0.2, 0.25) is 0 Å². The molecule has 18 heavy (non-hydrogen) atoms. The Morgan fingerprint density at radius 1 is 1.39 bits per heavy atom. The van der Waals surface area contributed by atoms with Gasteiger partial charge in [0.25, 0.3) is 5.69 Å². The highest BCUT2D eigenvalue weighted by Crippen LogP contribution is 2.27. The van der Waals surface area contributed by atoms with Gasteiger partial charge in [-0.3, -0.25) is 10.1 Å². The number of nitrogens with zero attached hydrogens (tertiary/aromatic N) is 1. The highest BCUT2D eigenvalue weighted by atomic mass is 35.5. The minimum atomic E-state index is -0.415. The average Bonchev–Trinajstić information content (AvgIpc) is 2.35. The van der Waals surface area contributed by atoms with Gasteiger partial charge in [0.1, 0.15) is 5.69 Å². The van der Waals surface area contributed by atoms with E-state index in [0.29, 0.717) is 10.7 Å². The lowest BCUT2D eigenvalue weighted by atomic mass is 10.2. The van der Waals surface area contributed by atoms with Crippen LogP contribution in [0.15, 0.2) is 18.2 Å². The maximum atomic E-state index is 10.9. The minimum Gasteiger partial charge on any atom is -0.379 e. The predicted molar refractivity (Wildman–Crippen MR) is 78.8 cm³/mol. The molecular weight excluding hydrogens is 272 g/mol. The molecule has 0 aliphatic rings. The number of hydrogen-bond donors (Lipinski definition) is 1. The first-order valence-electron chi connectivity index (χ1n) is 5.82. The van der Waals surface area contributed by atoms with Gasteiger partial charge in [-0.2, -0.15) is 11.8 Å². The third-order valence-corrected chi connectivity index (χ3v) is 3.43. The largest absolute Gasteiger partial charge is 0.379 e. The average molecular weight is 289 g/mol. The molecule has 0 aliphatic heterocycles. The van der Waals surface area contributed by atoms with Gasteiger partial charge >= 0.3 is 0 Å². The lowest BCUT2D eigenvalue weighted by Gasteiger charge is -2.07. The summed E-state index contributed by atoms with van der Waals surface area (Å²) in [7, 11) is 0. The molecule has 0 saturated heterocycles. The van der Waals surface area contributed by atoms with Gasteiger partial charge in [0.05, 0.1) is 4.92 Å². The molecular formula is C12H17ClN2O2S. The van der Waals surface area contributed by atoms with Gasteiger partial charge in [-0.15, -0.1) is 0 Å². The van der Waals surface area contributed by atoms with Crippen LogP contribution in [-0.4, -0.2) is 23.5 Å². The van der Waals surface area contributed by atoms with Crippen molar-refractivity contribution in [3.05, 3.63) is 33.3 Å². The number of nitrogens with one attached hydrogen (secondary N) is 1. The summed E-state index contributed by atoms with van der Waals surface area (Å²) in [6.07, 6.45) is 5.43. The normalized spacial score (nSPS) is 10.3. The van der Waals surface area contributed by atoms with E-state index in [1.54, 1.807) is 12.1 Å². The van der Waals surface area contributed by atoms with Crippen LogP contribution in [0.4, 0.5) is 11.4 Å². The van der Waals surface area contributed by atoms with E-state index in [9.17, 15) is 10.1 Å². The molecule has 1 aromatic rings. The number of anilines is 1. The third-order valence-electron chi connectivity index (χ3n) is 2.50. The molecule has 0 bridgehead atoms. The van der Waals surface area contributed by atoms with Crippen LogP contribution in [-0.2, 0) is 0 Å². The van der Waals surface area contributed by atoms with E-state index in [4.69, 9.17) is 11.6 Å². The van der Waals surface area contributed by atoms with E-state index in [1.165, 1.54) is 18.2 Å². The molecule has 100 valence electrons. The first-order chi connectivity index (χ1) is 8.65. The molecule has 0 aliphatic carbocycles. The van der Waals surface area contributed by atoms with Gasteiger partial charge in [-0.05, 0) is 37.0 Å². The SMILES string of the molecule is CSCCCCCNc1ccc(Cl)cc1[N+](=O)[O-]. The summed E-state index contributed by atoms with van der Waals surface area (Å²) in [5, 5.41) is 14.3. The number of hydrogen-bond acceptors (Lipinski definition) is 4. The van der Waals surface area contributed by atoms with Crippen LogP contribution in [0.2, 0.25) is 5.02 Å². The van der Waals surface area contributed by atoms with Crippen LogP contribution in [0.5, 0.6) is 0 Å². The molecule has 1 aromatic carbocycles. The van der Waals surface area contributed by atoms with Crippen molar-refractivity contribution in [2.75, 3.05) is 23.9 Å². The van der Waals surface area contributed by atoms with Gasteiger partial charge < -0.3 is 5.32 Å². The van der Waals surface area contributed by atoms with Gasteiger partial charge in [-0.25, -0.2) is 0 Å². The highest BCUT2D eigenvalue weighted by Gasteiger charge is 2.13. The number of unbranched alkanes of at least 4 members (excludes halogenated alkanes) is 2. The van der Waals surface area contributed by atoms with Crippen LogP contribution < -0.4 is 5.32 Å². The Bertz CT molecular complexity index is 402. The summed E-state index contributed by atoms with van der Waals surface area (Å²) in [4.78, 5) is 10.4. The van der Waals surface area contributed by atoms with Crippen LogP contribution in [0, 0.1) is 10.1 Å². The predicted octanol–water partition coefficient (Wildman–Crippen LogP) is 4.19. The molecule has 0 fully saturated rings. The Kier molecular flexibility index (Phi) is 6.90. The number of thioether (sulfide) groups is 1. The van der Waals surface area contributed by atoms with E-state index in [-0.39, 0.29) is 5.69 Å². The molecule has 6 heteroatoms. The summed E-state index contributed by atoms with van der Waals surface area (Å²) < 4.78 is 0. The second-order valence-corrected chi connectivity index (χ2v) is 5.32. The Balaban J connectivity index is 2.44. The molecule has 4 nitrogen and oxygen atoms in total. The van der Waals surface area contributed by atoms with Gasteiger partial charge in [-0.1, -0.05) is 18.0 Å². The molecule has 1 rings (SSSR count). The first-order valence-corrected chi connectivity index (χ1v) is 7.59. The fourth-order valence-corrected chi connectivity index (χ4v) is 2.24. The zero-order valence-electron chi connectivity index (χ0n) is 10.3. The lowest BCUT2D eigenvalue weighted by Crippen LogP contribution is -2.04. The van der Waals surface area contributed by atoms with Crippen molar-refractivity contribution < 1.29 is 4.92 Å². The molecule has 0 saturated carbocycles. The van der Waals surface area contributed by atoms with Gasteiger partial charge in [0, 0.05) is 17.6 Å². The van der Waals surface area contributed by atoms with Gasteiger partial charge in [0.15, 0.2) is 0 Å². The summed E-state index contributed by atoms with van der Waals surface area (Å²) in [6.45, 7) is 0.747. The topological polar surface area (TPSA) is 55.2 Å². The smallest absolute Gasteiger partial charge is 0.293 e. The maximum absolute atomic E-state index is 10.9. The van der Waals surface area contributed by atoms with E-state index in [1.807, 2.05) is 11.8 Å². The second kappa shape index (κ2) is 8.21. The quantitative estimate of drug-likeness (QED) is 0.443. The highest BCUT2D eigenvalue weighted by molar-refractivity contribution is 7.98. The van der Waals surface area contributed by atoms with E-state index < -0.39 is 4.92 Å². The van der Waals surface area contributed by atoms with Crippen molar-refractivity contribution in [3.8, 4) is 0 Å². The van der Waals surface area contributed by atoms with Crippen molar-refractivity contribution in [2.45, 2.75) is 19.3 Å². The number of nitro groups is 1. The summed E-state index contributed by atoms with van der Waals surface area (Å²) in [6, 6.07) is 4.69. The molecule has 1 N–H and O–H groups in total. The zero-order valence-corrected chi connectivity index (χ0v) is 11.9. The van der Waals surface area contributed by atoms with E-state index in [2.05, 4.69) is 11.6 Å². The molecule has 0 spiro atoms.